The van der Waals surface area contributed by atoms with E-state index in [0.717, 1.165) is 5.56 Å². The monoisotopic (exact) mass is 367 g/mol. The number of carboxylic acid groups (broad SMARTS) is 1. The summed E-state index contributed by atoms with van der Waals surface area (Å²) in [5, 5.41) is 14.2. The Morgan fingerprint density at radius 3 is 2.78 bits per heavy atom. The van der Waals surface area contributed by atoms with Crippen LogP contribution in [-0.4, -0.2) is 31.4 Å². The molecule has 0 unspecified atom stereocenters. The van der Waals surface area contributed by atoms with Crippen LogP contribution >= 0.6 is 34.7 Å². The summed E-state index contributed by atoms with van der Waals surface area (Å²) >= 11 is 8.36. The molecule has 0 amide bonds. The average molecular weight is 368 g/mol. The van der Waals surface area contributed by atoms with E-state index in [4.69, 9.17) is 16.7 Å². The van der Waals surface area contributed by atoms with Crippen LogP contribution < -0.4 is 5.56 Å². The highest BCUT2D eigenvalue weighted by atomic mass is 35.5. The fourth-order valence-corrected chi connectivity index (χ4v) is 3.57. The lowest BCUT2D eigenvalue weighted by Gasteiger charge is -1.98. The molecule has 0 aliphatic carbocycles. The first-order valence-corrected chi connectivity index (χ1v) is 8.83. The highest BCUT2D eigenvalue weighted by Gasteiger charge is 2.11. The average Bonchev–Trinajstić information content (AvgIpc) is 2.92. The van der Waals surface area contributed by atoms with Crippen molar-refractivity contribution in [3.05, 3.63) is 51.4 Å². The van der Waals surface area contributed by atoms with E-state index in [1.165, 1.54) is 33.7 Å². The molecule has 118 valence electrons. The second kappa shape index (κ2) is 6.69. The van der Waals surface area contributed by atoms with Gasteiger partial charge in [-0.2, -0.15) is 9.61 Å². The van der Waals surface area contributed by atoms with Gasteiger partial charge < -0.3 is 5.11 Å². The second-order valence-electron chi connectivity index (χ2n) is 4.58. The van der Waals surface area contributed by atoms with E-state index in [-0.39, 0.29) is 11.3 Å². The molecule has 9 heteroatoms. The SMILES string of the molecule is O=C(O)CSCc1cc(=O)n2nc(-c3ccc(Cl)cc3)sc2n1. The maximum atomic E-state index is 12.1. The molecule has 0 aliphatic rings. The molecular formula is C14H10ClN3O3S2. The molecule has 0 spiro atoms. The van der Waals surface area contributed by atoms with Crippen LogP contribution in [0, 0.1) is 0 Å². The van der Waals surface area contributed by atoms with Crippen molar-refractivity contribution in [1.82, 2.24) is 14.6 Å². The minimum Gasteiger partial charge on any atom is -0.481 e. The minimum absolute atomic E-state index is 0.0280. The van der Waals surface area contributed by atoms with E-state index in [1.807, 2.05) is 12.1 Å². The van der Waals surface area contributed by atoms with Crippen LogP contribution in [0.2, 0.25) is 5.02 Å². The quantitative estimate of drug-likeness (QED) is 0.746. The van der Waals surface area contributed by atoms with Gasteiger partial charge in [0, 0.05) is 22.4 Å². The highest BCUT2D eigenvalue weighted by molar-refractivity contribution is 7.99. The third-order valence-electron chi connectivity index (χ3n) is 2.86. The Balaban J connectivity index is 1.93. The molecule has 0 aliphatic heterocycles. The van der Waals surface area contributed by atoms with Gasteiger partial charge in [0.2, 0.25) is 4.96 Å². The summed E-state index contributed by atoms with van der Waals surface area (Å²) in [6.45, 7) is 0. The first kappa shape index (κ1) is 16.0. The maximum Gasteiger partial charge on any atom is 0.313 e. The zero-order chi connectivity index (χ0) is 16.4. The number of carboxylic acids is 1. The molecule has 0 saturated heterocycles. The van der Waals surface area contributed by atoms with Gasteiger partial charge in [-0.05, 0) is 12.1 Å². The highest BCUT2D eigenvalue weighted by Crippen LogP contribution is 2.25. The molecule has 6 nitrogen and oxygen atoms in total. The van der Waals surface area contributed by atoms with Gasteiger partial charge in [0.15, 0.2) is 0 Å². The Morgan fingerprint density at radius 2 is 2.09 bits per heavy atom. The number of fused-ring (bicyclic) bond motifs is 1. The van der Waals surface area contributed by atoms with Crippen molar-refractivity contribution in [2.75, 3.05) is 5.75 Å². The topological polar surface area (TPSA) is 84.6 Å². The molecule has 3 rings (SSSR count). The molecule has 0 fully saturated rings. The standard InChI is InChI=1S/C14H10ClN3O3S2/c15-9-3-1-8(2-4-9)13-17-18-11(19)5-10(16-14(18)23-13)6-22-7-12(20)21/h1-5H,6-7H2,(H,20,21). The lowest BCUT2D eigenvalue weighted by Crippen LogP contribution is -2.15. The molecule has 1 N–H and O–H groups in total. The predicted octanol–water partition coefficient (Wildman–Crippen LogP) is 2.79. The molecular weight excluding hydrogens is 358 g/mol. The number of halogens is 1. The van der Waals surface area contributed by atoms with Crippen molar-refractivity contribution in [2.24, 2.45) is 0 Å². The zero-order valence-electron chi connectivity index (χ0n) is 11.6. The number of nitrogens with zero attached hydrogens (tertiary/aromatic N) is 3. The van der Waals surface area contributed by atoms with Crippen LogP contribution in [0.4, 0.5) is 0 Å². The molecule has 2 aromatic heterocycles. The number of aromatic nitrogens is 3. The Labute approximate surface area is 143 Å². The first-order valence-electron chi connectivity index (χ1n) is 6.48. The lowest BCUT2D eigenvalue weighted by molar-refractivity contribution is -0.133. The van der Waals surface area contributed by atoms with Crippen molar-refractivity contribution < 1.29 is 9.90 Å². The van der Waals surface area contributed by atoms with Crippen LogP contribution in [0.3, 0.4) is 0 Å². The van der Waals surface area contributed by atoms with Gasteiger partial charge in [-0.25, -0.2) is 4.98 Å². The summed E-state index contributed by atoms with van der Waals surface area (Å²) in [4.78, 5) is 27.5. The van der Waals surface area contributed by atoms with Crippen LogP contribution in [0.5, 0.6) is 0 Å². The van der Waals surface area contributed by atoms with Crippen molar-refractivity contribution in [3.8, 4) is 10.6 Å². The van der Waals surface area contributed by atoms with Gasteiger partial charge in [-0.15, -0.1) is 11.8 Å². The van der Waals surface area contributed by atoms with Crippen molar-refractivity contribution in [2.45, 2.75) is 5.75 Å². The maximum absolute atomic E-state index is 12.1. The van der Waals surface area contributed by atoms with Gasteiger partial charge in [-0.3, -0.25) is 9.59 Å². The third-order valence-corrected chi connectivity index (χ3v) is 5.03. The van der Waals surface area contributed by atoms with Crippen LogP contribution in [-0.2, 0) is 10.5 Å². The normalized spacial score (nSPS) is 11.0. The van der Waals surface area contributed by atoms with Crippen LogP contribution in [0.1, 0.15) is 5.69 Å². The Bertz CT molecular complexity index is 921. The fraction of sp³-hybridized carbons (Fsp3) is 0.143. The number of aliphatic carboxylic acids is 1. The van der Waals surface area contributed by atoms with Crippen LogP contribution in [0.25, 0.3) is 15.5 Å². The van der Waals surface area contributed by atoms with Crippen molar-refractivity contribution in [3.63, 3.8) is 0 Å². The van der Waals surface area contributed by atoms with Gasteiger partial charge in [0.1, 0.15) is 5.01 Å². The lowest BCUT2D eigenvalue weighted by atomic mass is 10.2. The summed E-state index contributed by atoms with van der Waals surface area (Å²) in [5.74, 6) is -0.554. The Morgan fingerprint density at radius 1 is 1.35 bits per heavy atom. The Hall–Kier alpha value is -1.90. The number of rotatable bonds is 5. The summed E-state index contributed by atoms with van der Waals surface area (Å²) in [6.07, 6.45) is 0. The van der Waals surface area contributed by atoms with Crippen molar-refractivity contribution in [1.29, 1.82) is 0 Å². The predicted molar refractivity (Wildman–Crippen MR) is 91.4 cm³/mol. The number of carbonyl (C=O) groups is 1. The number of thioether (sulfide) groups is 1. The molecule has 23 heavy (non-hydrogen) atoms. The molecule has 1 aromatic carbocycles. The van der Waals surface area contributed by atoms with E-state index in [2.05, 4.69) is 10.1 Å². The molecule has 0 radical (unpaired) electrons. The van der Waals surface area contributed by atoms with E-state index < -0.39 is 5.97 Å². The molecule has 0 bridgehead atoms. The van der Waals surface area contributed by atoms with E-state index in [1.54, 1.807) is 12.1 Å². The largest absolute Gasteiger partial charge is 0.481 e. The second-order valence-corrected chi connectivity index (χ2v) is 6.96. The minimum atomic E-state index is -0.893. The zero-order valence-corrected chi connectivity index (χ0v) is 14.0. The van der Waals surface area contributed by atoms with E-state index in [9.17, 15) is 9.59 Å². The number of hydrogen-bond donors (Lipinski definition) is 1. The molecule has 2 heterocycles. The third kappa shape index (κ3) is 3.72. The molecule has 0 saturated carbocycles. The van der Waals surface area contributed by atoms with Gasteiger partial charge in [0.25, 0.3) is 5.56 Å². The van der Waals surface area contributed by atoms with Gasteiger partial charge in [-0.1, -0.05) is 35.1 Å². The van der Waals surface area contributed by atoms with Crippen molar-refractivity contribution >= 4 is 45.6 Å². The summed E-state index contributed by atoms with van der Waals surface area (Å²) in [7, 11) is 0. The molecule has 0 atom stereocenters. The summed E-state index contributed by atoms with van der Waals surface area (Å²) < 4.78 is 1.25. The van der Waals surface area contributed by atoms with E-state index in [0.29, 0.717) is 26.4 Å². The van der Waals surface area contributed by atoms with Crippen LogP contribution in [0.15, 0.2) is 35.1 Å². The van der Waals surface area contributed by atoms with E-state index >= 15 is 0 Å². The van der Waals surface area contributed by atoms with Gasteiger partial charge >= 0.3 is 5.97 Å². The number of hydrogen-bond acceptors (Lipinski definition) is 6. The first-order chi connectivity index (χ1) is 11.0. The molecule has 3 aromatic rings. The van der Waals surface area contributed by atoms with Gasteiger partial charge in [0.05, 0.1) is 11.4 Å². The smallest absolute Gasteiger partial charge is 0.313 e. The fourth-order valence-electron chi connectivity index (χ4n) is 1.88. The Kier molecular flexibility index (Phi) is 4.65. The number of benzene rings is 1. The summed E-state index contributed by atoms with van der Waals surface area (Å²) in [5.41, 5.74) is 1.12. The summed E-state index contributed by atoms with van der Waals surface area (Å²) in [6, 6.07) is 8.55.